The molecule has 1 aliphatic rings. The Hall–Kier alpha value is -1.48. The average Bonchev–Trinajstić information content (AvgIpc) is 3.11. The second kappa shape index (κ2) is 4.52. The third-order valence-corrected chi connectivity index (χ3v) is 3.86. The predicted octanol–water partition coefficient (Wildman–Crippen LogP) is 4.42. The maximum Gasteiger partial charge on any atom is 0.132 e. The lowest BCUT2D eigenvalue weighted by Gasteiger charge is -2.20. The number of hydrogen-bond donors (Lipinski definition) is 1. The van der Waals surface area contributed by atoms with Crippen LogP contribution in [0.1, 0.15) is 45.5 Å². The summed E-state index contributed by atoms with van der Waals surface area (Å²) in [6.45, 7) is 6.53. The number of nitrogens with zero attached hydrogens (tertiary/aromatic N) is 2. The predicted molar refractivity (Wildman–Crippen MR) is 84.1 cm³/mol. The number of imidazole rings is 1. The second-order valence-electron chi connectivity index (χ2n) is 6.53. The Balaban J connectivity index is 2.18. The van der Waals surface area contributed by atoms with Crippen molar-refractivity contribution in [2.45, 2.75) is 45.1 Å². The molecule has 1 heterocycles. The molecule has 0 amide bonds. The summed E-state index contributed by atoms with van der Waals surface area (Å²) >= 11 is 6.08. The lowest BCUT2D eigenvalue weighted by Crippen LogP contribution is -2.19. The molecule has 0 unspecified atom stereocenters. The molecule has 4 heteroatoms. The maximum absolute atomic E-state index is 6.38. The molecular weight excluding hydrogens is 270 g/mol. The molecular formula is C16H20ClN3. The van der Waals surface area contributed by atoms with Crippen molar-refractivity contribution in [2.75, 3.05) is 5.73 Å². The smallest absolute Gasteiger partial charge is 0.132 e. The molecule has 0 aliphatic heterocycles. The Bertz CT molecular complexity index is 648. The summed E-state index contributed by atoms with van der Waals surface area (Å²) in [5, 5.41) is 0.709. The van der Waals surface area contributed by atoms with Gasteiger partial charge in [0.25, 0.3) is 0 Å². The zero-order valence-corrected chi connectivity index (χ0v) is 12.9. The normalized spacial score (nSPS) is 15.6. The minimum absolute atomic E-state index is 0.0203. The van der Waals surface area contributed by atoms with Crippen LogP contribution in [-0.2, 0) is 5.41 Å². The highest BCUT2D eigenvalue weighted by atomic mass is 35.5. The minimum Gasteiger partial charge on any atom is -0.383 e. The van der Waals surface area contributed by atoms with Crippen molar-refractivity contribution in [3.05, 3.63) is 35.1 Å². The van der Waals surface area contributed by atoms with Crippen LogP contribution in [0.2, 0.25) is 5.02 Å². The quantitative estimate of drug-likeness (QED) is 0.889. The van der Waals surface area contributed by atoms with Gasteiger partial charge >= 0.3 is 0 Å². The van der Waals surface area contributed by atoms with Crippen molar-refractivity contribution >= 4 is 17.4 Å². The van der Waals surface area contributed by atoms with Crippen LogP contribution in [-0.4, -0.2) is 9.55 Å². The van der Waals surface area contributed by atoms with Gasteiger partial charge in [-0.2, -0.15) is 0 Å². The van der Waals surface area contributed by atoms with Crippen LogP contribution in [0.4, 0.5) is 5.82 Å². The number of nitrogen functional groups attached to an aromatic ring is 1. The summed E-state index contributed by atoms with van der Waals surface area (Å²) in [7, 11) is 0. The third-order valence-electron chi connectivity index (χ3n) is 3.63. The van der Waals surface area contributed by atoms with E-state index in [-0.39, 0.29) is 5.41 Å². The van der Waals surface area contributed by atoms with Crippen molar-refractivity contribution in [2.24, 2.45) is 0 Å². The number of hydrogen-bond acceptors (Lipinski definition) is 2. The molecule has 1 aromatic heterocycles. The summed E-state index contributed by atoms with van der Waals surface area (Å²) in [4.78, 5) is 4.83. The Labute approximate surface area is 124 Å². The highest BCUT2D eigenvalue weighted by Crippen LogP contribution is 2.43. The highest BCUT2D eigenvalue weighted by Gasteiger charge is 2.34. The van der Waals surface area contributed by atoms with Gasteiger partial charge in [-0.25, -0.2) is 4.98 Å². The van der Waals surface area contributed by atoms with Gasteiger partial charge in [0.1, 0.15) is 17.3 Å². The van der Waals surface area contributed by atoms with E-state index in [4.69, 9.17) is 22.3 Å². The molecule has 0 spiro atoms. The number of aromatic nitrogens is 2. The van der Waals surface area contributed by atoms with E-state index in [0.29, 0.717) is 11.1 Å². The topological polar surface area (TPSA) is 43.8 Å². The van der Waals surface area contributed by atoms with Gasteiger partial charge in [-0.05, 0) is 25.0 Å². The van der Waals surface area contributed by atoms with Crippen molar-refractivity contribution in [3.8, 4) is 11.3 Å². The second-order valence-corrected chi connectivity index (χ2v) is 6.97. The Morgan fingerprint density at radius 1 is 1.30 bits per heavy atom. The lowest BCUT2D eigenvalue weighted by molar-refractivity contribution is 0.504. The monoisotopic (exact) mass is 289 g/mol. The first-order chi connectivity index (χ1) is 9.38. The van der Waals surface area contributed by atoms with Crippen LogP contribution in [0.5, 0.6) is 0 Å². The van der Waals surface area contributed by atoms with Crippen molar-refractivity contribution in [1.29, 1.82) is 0 Å². The minimum atomic E-state index is -0.0203. The van der Waals surface area contributed by atoms with Gasteiger partial charge in [0.05, 0.1) is 0 Å². The Morgan fingerprint density at radius 3 is 2.55 bits per heavy atom. The van der Waals surface area contributed by atoms with Crippen LogP contribution < -0.4 is 5.73 Å². The Morgan fingerprint density at radius 2 is 2.00 bits per heavy atom. The van der Waals surface area contributed by atoms with Crippen molar-refractivity contribution in [3.63, 3.8) is 0 Å². The first-order valence-electron chi connectivity index (χ1n) is 7.02. The molecule has 1 saturated carbocycles. The third kappa shape index (κ3) is 2.31. The SMILES string of the molecule is CC(C)(C)c1nc(-c2cccc(Cl)c2)c(N)n1C1CC1. The van der Waals surface area contributed by atoms with Gasteiger partial charge in [0.2, 0.25) is 0 Å². The maximum atomic E-state index is 6.38. The fraction of sp³-hybridized carbons (Fsp3) is 0.438. The molecule has 106 valence electrons. The zero-order chi connectivity index (χ0) is 14.5. The fourth-order valence-electron chi connectivity index (χ4n) is 2.52. The number of anilines is 1. The molecule has 0 bridgehead atoms. The molecule has 3 nitrogen and oxygen atoms in total. The number of nitrogens with two attached hydrogens (primary N) is 1. The molecule has 2 aromatic rings. The van der Waals surface area contributed by atoms with Crippen LogP contribution in [0, 0.1) is 0 Å². The molecule has 0 atom stereocenters. The summed E-state index contributed by atoms with van der Waals surface area (Å²) < 4.78 is 2.22. The molecule has 1 aliphatic carbocycles. The van der Waals surface area contributed by atoms with E-state index >= 15 is 0 Å². The van der Waals surface area contributed by atoms with Gasteiger partial charge < -0.3 is 10.3 Å². The summed E-state index contributed by atoms with van der Waals surface area (Å²) in [6, 6.07) is 8.25. The van der Waals surface area contributed by atoms with E-state index in [1.807, 2.05) is 24.3 Å². The molecule has 1 fully saturated rings. The van der Waals surface area contributed by atoms with Crippen molar-refractivity contribution in [1.82, 2.24) is 9.55 Å². The molecule has 0 saturated heterocycles. The fourth-order valence-corrected chi connectivity index (χ4v) is 2.72. The van der Waals surface area contributed by atoms with E-state index in [0.717, 1.165) is 22.9 Å². The highest BCUT2D eigenvalue weighted by molar-refractivity contribution is 6.30. The van der Waals surface area contributed by atoms with E-state index in [1.54, 1.807) is 0 Å². The zero-order valence-electron chi connectivity index (χ0n) is 12.2. The largest absolute Gasteiger partial charge is 0.383 e. The number of halogens is 1. The summed E-state index contributed by atoms with van der Waals surface area (Å²) in [5.74, 6) is 1.83. The first-order valence-corrected chi connectivity index (χ1v) is 7.40. The molecule has 3 rings (SSSR count). The van der Waals surface area contributed by atoms with E-state index in [1.165, 1.54) is 12.8 Å². The van der Waals surface area contributed by atoms with Crippen LogP contribution in [0.25, 0.3) is 11.3 Å². The van der Waals surface area contributed by atoms with E-state index in [9.17, 15) is 0 Å². The van der Waals surface area contributed by atoms with Crippen LogP contribution in [0.15, 0.2) is 24.3 Å². The van der Waals surface area contributed by atoms with Gasteiger partial charge in [-0.1, -0.05) is 44.5 Å². The summed E-state index contributed by atoms with van der Waals surface area (Å²) in [5.41, 5.74) is 8.20. The Kier molecular flexibility index (Phi) is 3.05. The average molecular weight is 290 g/mol. The van der Waals surface area contributed by atoms with Gasteiger partial charge in [0.15, 0.2) is 0 Å². The van der Waals surface area contributed by atoms with Gasteiger partial charge in [0, 0.05) is 22.0 Å². The van der Waals surface area contributed by atoms with Crippen LogP contribution >= 0.6 is 11.6 Å². The number of rotatable bonds is 2. The van der Waals surface area contributed by atoms with Gasteiger partial charge in [-0.15, -0.1) is 0 Å². The van der Waals surface area contributed by atoms with Crippen molar-refractivity contribution < 1.29 is 0 Å². The molecule has 2 N–H and O–H groups in total. The lowest BCUT2D eigenvalue weighted by atomic mass is 9.95. The number of benzene rings is 1. The van der Waals surface area contributed by atoms with E-state index in [2.05, 4.69) is 25.3 Å². The summed E-state index contributed by atoms with van der Waals surface area (Å²) in [6.07, 6.45) is 2.39. The molecule has 1 aromatic carbocycles. The van der Waals surface area contributed by atoms with Gasteiger partial charge in [-0.3, -0.25) is 0 Å². The van der Waals surface area contributed by atoms with E-state index < -0.39 is 0 Å². The first kappa shape index (κ1) is 13.5. The standard InChI is InChI=1S/C16H20ClN3/c1-16(2,3)15-19-13(10-5-4-6-11(17)9-10)14(18)20(15)12-7-8-12/h4-6,9,12H,7-8,18H2,1-3H3. The molecule has 0 radical (unpaired) electrons. The van der Waals surface area contributed by atoms with Crippen LogP contribution in [0.3, 0.4) is 0 Å². The molecule has 20 heavy (non-hydrogen) atoms.